The molecule has 2 rings (SSSR count). The molecule has 0 radical (unpaired) electrons. The van der Waals surface area contributed by atoms with Crippen LogP contribution < -0.4 is 10.7 Å². The summed E-state index contributed by atoms with van der Waals surface area (Å²) in [5, 5.41) is 14.2. The van der Waals surface area contributed by atoms with Gasteiger partial charge >= 0.3 is 0 Å². The molecule has 6 heteroatoms. The van der Waals surface area contributed by atoms with Crippen molar-refractivity contribution in [2.24, 2.45) is 5.29 Å². The van der Waals surface area contributed by atoms with E-state index in [9.17, 15) is 10.1 Å². The Morgan fingerprint density at radius 2 is 1.81 bits per heavy atom. The van der Waals surface area contributed by atoms with Gasteiger partial charge in [-0.2, -0.15) is 5.53 Å². The highest BCUT2D eigenvalue weighted by Gasteiger charge is 2.05. The lowest BCUT2D eigenvalue weighted by Gasteiger charge is -2.15. The van der Waals surface area contributed by atoms with Crippen molar-refractivity contribution in [3.05, 3.63) is 47.4 Å². The average Bonchev–Trinajstić information content (AvgIpc) is 2.28. The Balaban J connectivity index is 0.00000128. The summed E-state index contributed by atoms with van der Waals surface area (Å²) in [5.74, 6) is 0. The number of hydrogen-bond acceptors (Lipinski definition) is 4. The predicted octanol–water partition coefficient (Wildman–Crippen LogP) is 2.64. The number of benzene rings is 2. The van der Waals surface area contributed by atoms with E-state index in [1.54, 1.807) is 12.1 Å². The van der Waals surface area contributed by atoms with Gasteiger partial charge in [0.05, 0.1) is 11.0 Å². The minimum absolute atomic E-state index is 0. The van der Waals surface area contributed by atoms with Gasteiger partial charge in [0.1, 0.15) is 0 Å². The molecule has 0 aliphatic carbocycles. The molecule has 0 heterocycles. The number of nitroso groups, excluding NO2 is 1. The van der Waals surface area contributed by atoms with Crippen LogP contribution in [0.25, 0.3) is 10.8 Å². The lowest BCUT2D eigenvalue weighted by atomic mass is 10.1. The molecule has 2 aromatic rings. The standard InChI is InChI=1S/C10H9N3O2.ClH/c14-12-11-13(15)10-7-3-5-8-4-1-2-6-9(8)10;/h1-7,15H,(H,11,14);1H. The fourth-order valence-electron chi connectivity index (χ4n) is 1.49. The molecular weight excluding hydrogens is 230 g/mol. The molecule has 0 unspecified atom stereocenters. The van der Waals surface area contributed by atoms with Crippen LogP contribution in [-0.2, 0) is 0 Å². The van der Waals surface area contributed by atoms with Gasteiger partial charge < -0.3 is 0 Å². The quantitative estimate of drug-likeness (QED) is 0.638. The fraction of sp³-hybridized carbons (Fsp3) is 0. The molecule has 0 aliphatic rings. The Labute approximate surface area is 98.0 Å². The number of fused-ring (bicyclic) bond motifs is 1. The smallest absolute Gasteiger partial charge is 0.0972 e. The molecule has 0 aromatic heterocycles. The molecule has 0 atom stereocenters. The third-order valence-corrected chi connectivity index (χ3v) is 2.13. The van der Waals surface area contributed by atoms with E-state index in [4.69, 9.17) is 0 Å². The number of anilines is 1. The molecule has 0 aliphatic heterocycles. The van der Waals surface area contributed by atoms with E-state index in [1.165, 1.54) is 0 Å². The average molecular weight is 240 g/mol. The van der Waals surface area contributed by atoms with Crippen molar-refractivity contribution in [2.75, 3.05) is 5.17 Å². The number of hydrogen-bond donors (Lipinski definition) is 2. The van der Waals surface area contributed by atoms with Gasteiger partial charge in [-0.15, -0.1) is 22.5 Å². The highest BCUT2D eigenvalue weighted by atomic mass is 35.5. The van der Waals surface area contributed by atoms with Gasteiger partial charge in [-0.3, -0.25) is 5.21 Å². The van der Waals surface area contributed by atoms with Crippen molar-refractivity contribution >= 4 is 28.9 Å². The van der Waals surface area contributed by atoms with Crippen LogP contribution in [0.15, 0.2) is 47.8 Å². The SMILES string of the molecule is Cl.O=NNN(O)c1cccc2ccccc12. The van der Waals surface area contributed by atoms with Crippen LogP contribution in [0.5, 0.6) is 0 Å². The van der Waals surface area contributed by atoms with Gasteiger partial charge in [-0.25, -0.2) is 0 Å². The van der Waals surface area contributed by atoms with E-state index in [2.05, 4.69) is 5.29 Å². The van der Waals surface area contributed by atoms with Crippen molar-refractivity contribution < 1.29 is 5.21 Å². The molecule has 2 aromatic carbocycles. The van der Waals surface area contributed by atoms with Crippen LogP contribution >= 0.6 is 12.4 Å². The highest BCUT2D eigenvalue weighted by Crippen LogP contribution is 2.24. The molecule has 0 spiro atoms. The van der Waals surface area contributed by atoms with Crippen LogP contribution in [0.3, 0.4) is 0 Å². The van der Waals surface area contributed by atoms with Crippen LogP contribution in [-0.4, -0.2) is 5.21 Å². The van der Waals surface area contributed by atoms with E-state index in [0.29, 0.717) is 10.9 Å². The van der Waals surface area contributed by atoms with Gasteiger partial charge in [0.15, 0.2) is 0 Å². The summed E-state index contributed by atoms with van der Waals surface area (Å²) in [5.41, 5.74) is 2.39. The minimum atomic E-state index is 0. The maximum atomic E-state index is 9.96. The van der Waals surface area contributed by atoms with Gasteiger partial charge in [0, 0.05) is 5.39 Å². The van der Waals surface area contributed by atoms with Crippen molar-refractivity contribution in [1.29, 1.82) is 0 Å². The topological polar surface area (TPSA) is 64.9 Å². The first kappa shape index (κ1) is 12.2. The maximum Gasteiger partial charge on any atom is 0.0972 e. The molecule has 0 bridgehead atoms. The monoisotopic (exact) mass is 239 g/mol. The molecule has 5 nitrogen and oxygen atoms in total. The van der Waals surface area contributed by atoms with Crippen molar-refractivity contribution in [3.63, 3.8) is 0 Å². The Morgan fingerprint density at radius 1 is 1.12 bits per heavy atom. The van der Waals surface area contributed by atoms with Gasteiger partial charge in [0.2, 0.25) is 0 Å². The summed E-state index contributed by atoms with van der Waals surface area (Å²) in [4.78, 5) is 9.96. The predicted molar refractivity (Wildman–Crippen MR) is 64.4 cm³/mol. The van der Waals surface area contributed by atoms with Crippen molar-refractivity contribution in [2.45, 2.75) is 0 Å². The number of nitrogens with one attached hydrogen (secondary N) is 1. The summed E-state index contributed by atoms with van der Waals surface area (Å²) in [6, 6.07) is 12.9. The first-order chi connectivity index (χ1) is 7.33. The number of nitrogens with zero attached hydrogens (tertiary/aromatic N) is 2. The molecule has 16 heavy (non-hydrogen) atoms. The Kier molecular flexibility index (Phi) is 4.04. The number of rotatable bonds is 3. The van der Waals surface area contributed by atoms with Crippen LogP contribution in [0, 0.1) is 4.91 Å². The minimum Gasteiger partial charge on any atom is -0.267 e. The van der Waals surface area contributed by atoms with Gasteiger partial charge in [-0.1, -0.05) is 36.4 Å². The Bertz CT molecular complexity index is 487. The summed E-state index contributed by atoms with van der Waals surface area (Å²) in [7, 11) is 0. The fourth-order valence-corrected chi connectivity index (χ4v) is 1.49. The summed E-state index contributed by atoms with van der Waals surface area (Å²) in [6.45, 7) is 0. The summed E-state index contributed by atoms with van der Waals surface area (Å²) < 4.78 is 0. The molecule has 0 saturated heterocycles. The van der Waals surface area contributed by atoms with Gasteiger partial charge in [-0.05, 0) is 11.5 Å². The zero-order valence-electron chi connectivity index (χ0n) is 8.20. The molecule has 0 fully saturated rings. The van der Waals surface area contributed by atoms with E-state index >= 15 is 0 Å². The van der Waals surface area contributed by atoms with Gasteiger partial charge in [0.25, 0.3) is 0 Å². The molecule has 0 amide bonds. The van der Waals surface area contributed by atoms with Crippen LogP contribution in [0.4, 0.5) is 5.69 Å². The van der Waals surface area contributed by atoms with Crippen LogP contribution in [0.2, 0.25) is 0 Å². The van der Waals surface area contributed by atoms with E-state index in [1.807, 2.05) is 35.9 Å². The Morgan fingerprint density at radius 3 is 2.56 bits per heavy atom. The second kappa shape index (κ2) is 5.29. The first-order valence-corrected chi connectivity index (χ1v) is 4.37. The van der Waals surface area contributed by atoms with E-state index < -0.39 is 0 Å². The lowest BCUT2D eigenvalue weighted by molar-refractivity contribution is 0.214. The normalized spacial score (nSPS) is 9.31. The van der Waals surface area contributed by atoms with E-state index in [-0.39, 0.29) is 12.4 Å². The molecule has 84 valence electrons. The third kappa shape index (κ3) is 2.21. The Hall–Kier alpha value is -1.85. The van der Waals surface area contributed by atoms with Crippen LogP contribution in [0.1, 0.15) is 0 Å². The molecule has 0 saturated carbocycles. The highest BCUT2D eigenvalue weighted by molar-refractivity contribution is 5.93. The van der Waals surface area contributed by atoms with Crippen molar-refractivity contribution in [1.82, 2.24) is 5.53 Å². The second-order valence-electron chi connectivity index (χ2n) is 3.00. The summed E-state index contributed by atoms with van der Waals surface area (Å²) >= 11 is 0. The zero-order chi connectivity index (χ0) is 10.7. The number of halogens is 1. The number of hydrazine groups is 1. The maximum absolute atomic E-state index is 9.96. The lowest BCUT2D eigenvalue weighted by Crippen LogP contribution is -2.30. The molecular formula is C10H10ClN3O2. The van der Waals surface area contributed by atoms with E-state index in [0.717, 1.165) is 10.8 Å². The summed E-state index contributed by atoms with van der Waals surface area (Å²) in [6.07, 6.45) is 0. The zero-order valence-corrected chi connectivity index (χ0v) is 9.02. The first-order valence-electron chi connectivity index (χ1n) is 4.37. The second-order valence-corrected chi connectivity index (χ2v) is 3.00. The third-order valence-electron chi connectivity index (χ3n) is 2.13. The van der Waals surface area contributed by atoms with Crippen molar-refractivity contribution in [3.8, 4) is 0 Å². The largest absolute Gasteiger partial charge is 0.267 e. The molecule has 2 N–H and O–H groups in total.